The van der Waals surface area contributed by atoms with Crippen LogP contribution in [-0.4, -0.2) is 38.4 Å². The lowest BCUT2D eigenvalue weighted by Crippen LogP contribution is -2.22. The molecule has 0 aliphatic carbocycles. The molecule has 0 aliphatic rings. The fraction of sp³-hybridized carbons (Fsp3) is 0.208. The summed E-state index contributed by atoms with van der Waals surface area (Å²) < 4.78 is 11.9. The predicted octanol–water partition coefficient (Wildman–Crippen LogP) is 4.31. The highest BCUT2D eigenvalue weighted by molar-refractivity contribution is 6.30. The van der Waals surface area contributed by atoms with Crippen molar-refractivity contribution in [1.29, 1.82) is 0 Å². The smallest absolute Gasteiger partial charge is 0.306 e. The van der Waals surface area contributed by atoms with Gasteiger partial charge in [-0.05, 0) is 50.2 Å². The second-order valence-corrected chi connectivity index (χ2v) is 8.08. The summed E-state index contributed by atoms with van der Waals surface area (Å²) in [6.07, 6.45) is 0.191. The van der Waals surface area contributed by atoms with E-state index in [-0.39, 0.29) is 12.8 Å². The number of hydrogen-bond acceptors (Lipinski definition) is 7. The van der Waals surface area contributed by atoms with Crippen LogP contribution >= 0.6 is 11.6 Å². The molecule has 0 saturated heterocycles. The van der Waals surface area contributed by atoms with E-state index in [1.54, 1.807) is 35.0 Å². The largest absolute Gasteiger partial charge is 0.456 e. The molecule has 2 aromatic heterocycles. The number of amides is 1. The number of hydrogen-bond donors (Lipinski definition) is 1. The number of aromatic nitrogens is 4. The zero-order valence-corrected chi connectivity index (χ0v) is 19.4. The Labute approximate surface area is 200 Å². The maximum absolute atomic E-state index is 12.3. The van der Waals surface area contributed by atoms with Gasteiger partial charge in [-0.1, -0.05) is 34.5 Å². The lowest BCUT2D eigenvalue weighted by atomic mass is 10.2. The Hall–Kier alpha value is -3.98. The molecule has 1 N–H and O–H groups in total. The van der Waals surface area contributed by atoms with E-state index in [1.807, 2.05) is 38.1 Å². The Morgan fingerprint density at radius 2 is 1.82 bits per heavy atom. The van der Waals surface area contributed by atoms with Crippen molar-refractivity contribution in [2.45, 2.75) is 26.7 Å². The first kappa shape index (κ1) is 23.2. The van der Waals surface area contributed by atoms with E-state index in [0.29, 0.717) is 22.6 Å². The summed E-state index contributed by atoms with van der Waals surface area (Å²) in [4.78, 5) is 28.7. The molecular weight excluding hydrogens is 458 g/mol. The predicted molar refractivity (Wildman–Crippen MR) is 126 cm³/mol. The number of rotatable bonds is 8. The van der Waals surface area contributed by atoms with Crippen molar-refractivity contribution in [2.24, 2.45) is 0 Å². The van der Waals surface area contributed by atoms with Crippen LogP contribution in [0.3, 0.4) is 0 Å². The van der Waals surface area contributed by atoms with Crippen molar-refractivity contribution in [3.63, 3.8) is 0 Å². The molecule has 0 unspecified atom stereocenters. The van der Waals surface area contributed by atoms with Crippen LogP contribution < -0.4 is 5.32 Å². The molecule has 10 heteroatoms. The zero-order chi connectivity index (χ0) is 24.1. The first-order valence-electron chi connectivity index (χ1n) is 10.5. The van der Waals surface area contributed by atoms with E-state index in [2.05, 4.69) is 20.6 Å². The number of nitrogens with one attached hydrogen (secondary N) is 1. The monoisotopic (exact) mass is 479 g/mol. The van der Waals surface area contributed by atoms with Crippen molar-refractivity contribution in [3.05, 3.63) is 76.8 Å². The molecule has 0 aliphatic heterocycles. The van der Waals surface area contributed by atoms with Gasteiger partial charge in [0, 0.05) is 23.1 Å². The quantitative estimate of drug-likeness (QED) is 0.375. The van der Waals surface area contributed by atoms with Gasteiger partial charge in [-0.25, -0.2) is 4.68 Å². The number of ether oxygens (including phenoxy) is 1. The summed E-state index contributed by atoms with van der Waals surface area (Å²) in [5.74, 6) is 0.167. The lowest BCUT2D eigenvalue weighted by molar-refractivity contribution is -0.147. The number of nitrogens with zero attached hydrogens (tertiary/aromatic N) is 4. The third-order valence-corrected chi connectivity index (χ3v) is 5.11. The summed E-state index contributed by atoms with van der Waals surface area (Å²) in [5.41, 5.74) is 3.42. The highest BCUT2D eigenvalue weighted by Crippen LogP contribution is 2.19. The topological polar surface area (TPSA) is 112 Å². The molecule has 4 aromatic rings. The molecule has 0 spiro atoms. The molecule has 2 aromatic carbocycles. The number of halogens is 1. The van der Waals surface area contributed by atoms with Crippen LogP contribution in [0.4, 0.5) is 5.82 Å². The summed E-state index contributed by atoms with van der Waals surface area (Å²) in [7, 11) is 0. The number of aryl methyl sites for hydroxylation is 3. The highest BCUT2D eigenvalue weighted by Gasteiger charge is 2.15. The van der Waals surface area contributed by atoms with E-state index >= 15 is 0 Å². The van der Waals surface area contributed by atoms with E-state index < -0.39 is 18.5 Å². The first-order chi connectivity index (χ1) is 16.4. The van der Waals surface area contributed by atoms with E-state index in [0.717, 1.165) is 22.5 Å². The number of carbonyl (C=O) groups is 2. The minimum Gasteiger partial charge on any atom is -0.456 e. The van der Waals surface area contributed by atoms with Crippen molar-refractivity contribution in [1.82, 2.24) is 19.9 Å². The van der Waals surface area contributed by atoms with Crippen molar-refractivity contribution in [3.8, 4) is 17.1 Å². The van der Waals surface area contributed by atoms with Crippen molar-refractivity contribution in [2.75, 3.05) is 11.9 Å². The number of carbonyl (C=O) groups excluding carboxylic acids is 2. The fourth-order valence-electron chi connectivity index (χ4n) is 3.15. The average molecular weight is 480 g/mol. The van der Waals surface area contributed by atoms with Crippen LogP contribution in [0.5, 0.6) is 0 Å². The highest BCUT2D eigenvalue weighted by atomic mass is 35.5. The second-order valence-electron chi connectivity index (χ2n) is 7.65. The summed E-state index contributed by atoms with van der Waals surface area (Å²) in [5, 5.41) is 11.7. The zero-order valence-electron chi connectivity index (χ0n) is 18.6. The molecule has 0 saturated carbocycles. The molecular formula is C24H22ClN5O4. The molecule has 0 atom stereocenters. The van der Waals surface area contributed by atoms with E-state index in [9.17, 15) is 9.59 Å². The summed E-state index contributed by atoms with van der Waals surface area (Å²) in [6.45, 7) is 3.40. The van der Waals surface area contributed by atoms with Crippen LogP contribution in [0.2, 0.25) is 5.02 Å². The van der Waals surface area contributed by atoms with Crippen LogP contribution in [-0.2, 0) is 20.7 Å². The fourth-order valence-corrected chi connectivity index (χ4v) is 3.28. The van der Waals surface area contributed by atoms with Crippen molar-refractivity contribution < 1.29 is 18.8 Å². The Kier molecular flexibility index (Phi) is 7.03. The Morgan fingerprint density at radius 3 is 2.56 bits per heavy atom. The molecule has 0 bridgehead atoms. The molecule has 174 valence electrons. The van der Waals surface area contributed by atoms with Gasteiger partial charge in [0.1, 0.15) is 5.82 Å². The van der Waals surface area contributed by atoms with Gasteiger partial charge in [-0.2, -0.15) is 10.1 Å². The molecule has 4 rings (SSSR count). The standard InChI is InChI=1S/C24H22ClN5O4/c1-15-3-9-19(10-4-15)30-20(13-16(2)28-30)26-21(31)14-33-23(32)12-11-22-27-24(29-34-22)17-5-7-18(25)8-6-17/h3-10,13H,11-12,14H2,1-2H3,(H,26,31). The van der Waals surface area contributed by atoms with Gasteiger partial charge in [0.25, 0.3) is 5.91 Å². The van der Waals surface area contributed by atoms with Gasteiger partial charge < -0.3 is 14.6 Å². The summed E-state index contributed by atoms with van der Waals surface area (Å²) >= 11 is 5.88. The Morgan fingerprint density at radius 1 is 1.09 bits per heavy atom. The number of benzene rings is 2. The van der Waals surface area contributed by atoms with Crippen LogP contribution in [0, 0.1) is 13.8 Å². The van der Waals surface area contributed by atoms with E-state index in [4.69, 9.17) is 20.9 Å². The molecule has 0 radical (unpaired) electrons. The van der Waals surface area contributed by atoms with Crippen LogP contribution in [0.1, 0.15) is 23.6 Å². The molecule has 1 amide bonds. The Bertz CT molecular complexity index is 1300. The van der Waals surface area contributed by atoms with Gasteiger partial charge in [-0.3, -0.25) is 9.59 Å². The number of anilines is 1. The van der Waals surface area contributed by atoms with Gasteiger partial charge in [0.2, 0.25) is 11.7 Å². The average Bonchev–Trinajstić information content (AvgIpc) is 3.44. The second kappa shape index (κ2) is 10.3. The lowest BCUT2D eigenvalue weighted by Gasteiger charge is -2.09. The summed E-state index contributed by atoms with van der Waals surface area (Å²) in [6, 6.07) is 16.5. The Balaban J connectivity index is 1.27. The normalized spacial score (nSPS) is 10.8. The van der Waals surface area contributed by atoms with Gasteiger partial charge in [-0.15, -0.1) is 0 Å². The third-order valence-electron chi connectivity index (χ3n) is 4.86. The van der Waals surface area contributed by atoms with Gasteiger partial charge in [0.05, 0.1) is 17.8 Å². The van der Waals surface area contributed by atoms with Crippen LogP contribution in [0.25, 0.3) is 17.1 Å². The molecule has 2 heterocycles. The van der Waals surface area contributed by atoms with Gasteiger partial charge >= 0.3 is 5.97 Å². The van der Waals surface area contributed by atoms with Crippen LogP contribution in [0.15, 0.2) is 59.1 Å². The first-order valence-corrected chi connectivity index (χ1v) is 10.9. The maximum Gasteiger partial charge on any atom is 0.306 e. The van der Waals surface area contributed by atoms with Gasteiger partial charge in [0.15, 0.2) is 6.61 Å². The number of esters is 1. The SMILES string of the molecule is Cc1ccc(-n2nc(C)cc2NC(=O)COC(=O)CCc2nc(-c3ccc(Cl)cc3)no2)cc1. The van der Waals surface area contributed by atoms with Crippen molar-refractivity contribution >= 4 is 29.3 Å². The maximum atomic E-state index is 12.3. The minimum atomic E-state index is -0.551. The molecule has 34 heavy (non-hydrogen) atoms. The minimum absolute atomic E-state index is 0.00403. The molecule has 0 fully saturated rings. The van der Waals surface area contributed by atoms with E-state index in [1.165, 1.54) is 0 Å². The molecule has 9 nitrogen and oxygen atoms in total. The third kappa shape index (κ3) is 5.87.